The monoisotopic (exact) mass is 958 g/mol. The van der Waals surface area contributed by atoms with E-state index in [2.05, 4.69) is 63.2 Å². The molecule has 0 bridgehead atoms. The first kappa shape index (κ1) is 59.5. The smallest absolute Gasteiger partial charge is 0.325 e. The number of esters is 2. The zero-order valence-electron chi connectivity index (χ0n) is 40.8. The number of primary amides is 2. The Balaban J connectivity index is 3.71. The molecule has 0 aromatic carbocycles. The lowest BCUT2D eigenvalue weighted by Crippen LogP contribution is -2.56. The molecule has 0 fully saturated rings. The average molecular weight is 958 g/mol. The highest BCUT2D eigenvalue weighted by atomic mass is 16.6. The number of nitrogens with one attached hydrogen (secondary N) is 7. The normalized spacial score (nSPS) is 22.8. The Kier molecular flexibility index (Phi) is 28.2. The molecule has 2 unspecified atom stereocenters. The van der Waals surface area contributed by atoms with Crippen LogP contribution in [-0.4, -0.2) is 117 Å². The third-order valence-corrected chi connectivity index (χ3v) is 10.6. The quantitative estimate of drug-likeness (QED) is 0.0296. The minimum Gasteiger partial charge on any atom is -0.460 e. The van der Waals surface area contributed by atoms with E-state index in [1.165, 1.54) is 33.1 Å². The summed E-state index contributed by atoms with van der Waals surface area (Å²) in [6, 6.07) is -4.68. The topological polar surface area (TPSA) is 318 Å². The van der Waals surface area contributed by atoms with Gasteiger partial charge in [0.1, 0.15) is 36.5 Å². The number of ether oxygens (including phenoxy) is 3. The van der Waals surface area contributed by atoms with E-state index in [4.69, 9.17) is 25.7 Å². The largest absolute Gasteiger partial charge is 0.460 e. The van der Waals surface area contributed by atoms with Crippen molar-refractivity contribution in [1.82, 2.24) is 37.2 Å². The zero-order valence-corrected chi connectivity index (χ0v) is 40.8. The molecule has 0 aliphatic carbocycles. The van der Waals surface area contributed by atoms with Crippen LogP contribution in [0.4, 0.5) is 9.59 Å². The Labute approximate surface area is 399 Å². The third-order valence-electron chi connectivity index (χ3n) is 10.6. The van der Waals surface area contributed by atoms with Gasteiger partial charge in [-0.25, -0.2) is 9.59 Å². The summed E-state index contributed by atoms with van der Waals surface area (Å²) < 4.78 is 17.6. The molecule has 11 N–H and O–H groups in total. The van der Waals surface area contributed by atoms with E-state index in [1.807, 2.05) is 19.1 Å². The maximum absolute atomic E-state index is 14.2. The first-order valence-electron chi connectivity index (χ1n) is 23.0. The van der Waals surface area contributed by atoms with Crippen molar-refractivity contribution in [3.05, 3.63) is 60.4 Å². The number of carbonyl (C=O) groups excluding carboxylic acids is 9. The lowest BCUT2D eigenvalue weighted by atomic mass is 9.83. The molecule has 0 saturated heterocycles. The van der Waals surface area contributed by atoms with E-state index >= 15 is 0 Å². The molecule has 21 nitrogen and oxygen atoms in total. The Morgan fingerprint density at radius 2 is 1.57 bits per heavy atom. The van der Waals surface area contributed by atoms with Crippen LogP contribution >= 0.6 is 0 Å². The van der Waals surface area contributed by atoms with E-state index in [9.17, 15) is 43.2 Å². The van der Waals surface area contributed by atoms with Gasteiger partial charge in [-0.2, -0.15) is 0 Å². The van der Waals surface area contributed by atoms with Gasteiger partial charge in [0.15, 0.2) is 0 Å². The molecular weight excluding hydrogens is 883 g/mol. The molecule has 0 aromatic rings. The molecule has 1 heterocycles. The van der Waals surface area contributed by atoms with Crippen molar-refractivity contribution in [3.8, 4) is 0 Å². The third kappa shape index (κ3) is 24.3. The van der Waals surface area contributed by atoms with Gasteiger partial charge in [0.25, 0.3) is 5.91 Å². The minimum atomic E-state index is -1.57. The van der Waals surface area contributed by atoms with Gasteiger partial charge in [0.05, 0.1) is 18.1 Å². The van der Waals surface area contributed by atoms with Crippen molar-refractivity contribution in [2.24, 2.45) is 28.7 Å². The number of carbonyl (C=O) groups is 9. The second kappa shape index (κ2) is 32.2. The molecule has 6 atom stereocenters. The predicted octanol–water partition coefficient (Wildman–Crippen LogP) is 2.08. The first-order valence-corrected chi connectivity index (χ1v) is 23.0. The van der Waals surface area contributed by atoms with Crippen molar-refractivity contribution < 1.29 is 57.4 Å². The van der Waals surface area contributed by atoms with Crippen LogP contribution in [0.15, 0.2) is 60.4 Å². The summed E-state index contributed by atoms with van der Waals surface area (Å²) in [4.78, 5) is 117. The number of urea groups is 2. The molecule has 0 radical (unpaired) electrons. The summed E-state index contributed by atoms with van der Waals surface area (Å²) in [5, 5.41) is 16.7. The number of allylic oxidation sites excluding steroid dienone is 6. The number of hydrogen-bond acceptors (Lipinski definition) is 12. The fraction of sp³-hybridized carbons (Fsp3) is 0.596. The van der Waals surface area contributed by atoms with Gasteiger partial charge in [-0.1, -0.05) is 77.2 Å². The van der Waals surface area contributed by atoms with Crippen LogP contribution in [0.1, 0.15) is 99.8 Å². The minimum absolute atomic E-state index is 0.0335. The highest BCUT2D eigenvalue weighted by Gasteiger charge is 2.43. The molecule has 1 aliphatic rings. The van der Waals surface area contributed by atoms with Crippen LogP contribution in [-0.2, 0) is 47.8 Å². The van der Waals surface area contributed by atoms with Crippen molar-refractivity contribution >= 4 is 53.5 Å². The van der Waals surface area contributed by atoms with Crippen molar-refractivity contribution in [2.75, 3.05) is 33.3 Å². The fourth-order valence-electron chi connectivity index (χ4n) is 6.22. The Morgan fingerprint density at radius 1 is 0.897 bits per heavy atom. The highest BCUT2D eigenvalue weighted by molar-refractivity contribution is 6.02. The van der Waals surface area contributed by atoms with Crippen molar-refractivity contribution in [2.45, 2.75) is 130 Å². The summed E-state index contributed by atoms with van der Waals surface area (Å²) in [6.07, 6.45) is 16.2. The standard InChI is InChI=1S/C47H75N9O12/c1-9-19-33-43(62)56-34(22-18-25-50-45(48)64)41(60)51-28-39(58)55-35(27-53-46(49)65)42(61)52-29-40(59)68-37(26-32(66-8)21-17-15-13-11-12-14-16-20-30(3)4)47(6,7)44(63)67-36(31(5)10-2)23-24-38(57)54-33/h12-15,17,19,21,23-24,30-32,34-37H,9-11,16,18,20,22,25-29H2,1-8H3,(H,51,60)(H,52,61)(H,54,57)(H,55,58)(H,56,62)(H3,48,50,64)(H3,49,53,65)/b14-12-,15-13+,21-17+,24-23+,33-19+/t31?,32-,34?,35-,36-,37-/m0/s1. The molecular formula is C47H75N9O12. The van der Waals surface area contributed by atoms with Crippen LogP contribution < -0.4 is 48.7 Å². The van der Waals surface area contributed by atoms with Gasteiger partial charge in [-0.15, -0.1) is 0 Å². The van der Waals surface area contributed by atoms with Gasteiger partial charge in [0, 0.05) is 32.7 Å². The van der Waals surface area contributed by atoms with Crippen molar-refractivity contribution in [3.63, 3.8) is 0 Å². The lowest BCUT2D eigenvalue weighted by Gasteiger charge is -2.35. The molecule has 21 heteroatoms. The summed E-state index contributed by atoms with van der Waals surface area (Å²) >= 11 is 0. The summed E-state index contributed by atoms with van der Waals surface area (Å²) in [5.41, 5.74) is 8.59. The summed E-state index contributed by atoms with van der Waals surface area (Å²) in [5.74, 6) is -5.83. The van der Waals surface area contributed by atoms with Gasteiger partial charge in [-0.05, 0) is 76.7 Å². The maximum atomic E-state index is 14.2. The summed E-state index contributed by atoms with van der Waals surface area (Å²) in [7, 11) is 1.45. The second-order valence-corrected chi connectivity index (χ2v) is 17.1. The number of nitrogens with two attached hydrogens (primary N) is 2. The molecule has 0 aromatic heterocycles. The molecule has 68 heavy (non-hydrogen) atoms. The van der Waals surface area contributed by atoms with Gasteiger partial charge >= 0.3 is 24.0 Å². The van der Waals surface area contributed by atoms with Crippen LogP contribution in [0.25, 0.3) is 0 Å². The molecule has 380 valence electrons. The van der Waals surface area contributed by atoms with Gasteiger partial charge in [-0.3, -0.25) is 33.6 Å². The van der Waals surface area contributed by atoms with Crippen LogP contribution in [0, 0.1) is 17.3 Å². The predicted molar refractivity (Wildman–Crippen MR) is 254 cm³/mol. The van der Waals surface area contributed by atoms with Crippen molar-refractivity contribution in [1.29, 1.82) is 0 Å². The Morgan fingerprint density at radius 3 is 2.21 bits per heavy atom. The van der Waals surface area contributed by atoms with Gasteiger partial charge < -0.3 is 62.9 Å². The van der Waals surface area contributed by atoms with Crippen LogP contribution in [0.5, 0.6) is 0 Å². The van der Waals surface area contributed by atoms with E-state index in [0.29, 0.717) is 18.8 Å². The number of rotatable bonds is 19. The number of hydrogen-bond donors (Lipinski definition) is 9. The zero-order chi connectivity index (χ0) is 51.2. The number of methoxy groups -OCH3 is 1. The molecule has 1 aliphatic heterocycles. The molecule has 0 spiro atoms. The van der Waals surface area contributed by atoms with E-state index in [1.54, 1.807) is 26.0 Å². The first-order chi connectivity index (χ1) is 32.1. The van der Waals surface area contributed by atoms with E-state index in [-0.39, 0.29) is 43.8 Å². The Bertz CT molecular complexity index is 1860. The SMILES string of the molecule is CC/C=C1/NC(=O)/C=C/[C@@H](C(C)CC)OC(=O)C(C)(C)[C@H](C[C@H](/C=C/C=C/C/C=C\CCC(C)C)OC)OC(=O)CNC(=O)[C@H](CNC(N)=O)NC(=O)CNC(=O)C(CCCNC(N)=O)NC1=O. The molecule has 0 saturated carbocycles. The highest BCUT2D eigenvalue weighted by Crippen LogP contribution is 2.31. The number of amides is 9. The maximum Gasteiger partial charge on any atom is 0.325 e. The van der Waals surface area contributed by atoms with E-state index < -0.39 is 109 Å². The number of cyclic esters (lactones) is 2. The van der Waals surface area contributed by atoms with Gasteiger partial charge in [0.2, 0.25) is 23.6 Å². The van der Waals surface area contributed by atoms with Crippen LogP contribution in [0.3, 0.4) is 0 Å². The fourth-order valence-corrected chi connectivity index (χ4v) is 6.22. The molecule has 1 rings (SSSR count). The molecule has 9 amide bonds. The second-order valence-electron chi connectivity index (χ2n) is 17.1. The average Bonchev–Trinajstić information content (AvgIpc) is 3.28. The van der Waals surface area contributed by atoms with E-state index in [0.717, 1.165) is 18.9 Å². The summed E-state index contributed by atoms with van der Waals surface area (Å²) in [6.45, 7) is 10.8. The lowest BCUT2D eigenvalue weighted by molar-refractivity contribution is -0.176. The Hall–Kier alpha value is -6.51. The van der Waals surface area contributed by atoms with Crippen LogP contribution in [0.2, 0.25) is 0 Å².